The summed E-state index contributed by atoms with van der Waals surface area (Å²) < 4.78 is 1.73. The van der Waals surface area contributed by atoms with Gasteiger partial charge in [-0.15, -0.1) is 10.6 Å². The van der Waals surface area contributed by atoms with Crippen LogP contribution in [0.5, 0.6) is 0 Å². The van der Waals surface area contributed by atoms with E-state index in [-0.39, 0.29) is 71.0 Å². The molecule has 2 aromatic carbocycles. The summed E-state index contributed by atoms with van der Waals surface area (Å²) in [5.74, 6) is -1.03. The first-order valence-electron chi connectivity index (χ1n) is 11.6. The maximum atomic E-state index is 10.3. The summed E-state index contributed by atoms with van der Waals surface area (Å²) in [5.41, 5.74) is 12.4. The molecule has 4 rings (SSSR count). The summed E-state index contributed by atoms with van der Waals surface area (Å²) in [4.78, 5) is 20.5. The summed E-state index contributed by atoms with van der Waals surface area (Å²) >= 11 is 0. The molecule has 38 heavy (non-hydrogen) atoms. The molecule has 1 aliphatic rings. The van der Waals surface area contributed by atoms with Crippen molar-refractivity contribution in [3.05, 3.63) is 77.6 Å². The summed E-state index contributed by atoms with van der Waals surface area (Å²) in [6, 6.07) is 20.0. The van der Waals surface area contributed by atoms with Crippen molar-refractivity contribution >= 4 is 18.0 Å². The molecule has 2 heterocycles. The monoisotopic (exact) mass is 537 g/mol. The summed E-state index contributed by atoms with van der Waals surface area (Å²) in [7, 11) is 0. The van der Waals surface area contributed by atoms with Crippen molar-refractivity contribution in [3.8, 4) is 11.3 Å². The quantitative estimate of drug-likeness (QED) is 0.151. The van der Waals surface area contributed by atoms with E-state index in [0.29, 0.717) is 19.4 Å². The molecule has 0 unspecified atom stereocenters. The van der Waals surface area contributed by atoms with Gasteiger partial charge in [0.15, 0.2) is 0 Å². The van der Waals surface area contributed by atoms with Crippen LogP contribution in [0.3, 0.4) is 0 Å². The minimum atomic E-state index is -1.03. The van der Waals surface area contributed by atoms with Gasteiger partial charge in [-0.05, 0) is 26.7 Å². The van der Waals surface area contributed by atoms with Gasteiger partial charge in [-0.3, -0.25) is 11.3 Å². The van der Waals surface area contributed by atoms with E-state index in [2.05, 4.69) is 33.4 Å². The summed E-state index contributed by atoms with van der Waals surface area (Å²) in [6.07, 6.45) is 3.72. The van der Waals surface area contributed by atoms with E-state index in [4.69, 9.17) is 0 Å². The van der Waals surface area contributed by atoms with Crippen LogP contribution in [0.1, 0.15) is 43.9 Å². The van der Waals surface area contributed by atoms with E-state index in [1.807, 2.05) is 73.7 Å². The molecule has 0 fully saturated rings. The number of aromatic nitrogens is 3. The van der Waals surface area contributed by atoms with Crippen molar-refractivity contribution in [1.82, 2.24) is 31.0 Å². The molecular formula is C26H31N6Na2O4-. The molecular weight excluding hydrogens is 506 g/mol. The third-order valence-electron chi connectivity index (χ3n) is 5.49. The van der Waals surface area contributed by atoms with Crippen LogP contribution in [0.25, 0.3) is 17.0 Å². The van der Waals surface area contributed by atoms with E-state index < -0.39 is 5.97 Å². The van der Waals surface area contributed by atoms with E-state index >= 15 is 0 Å². The van der Waals surface area contributed by atoms with Crippen LogP contribution in [0, 0.1) is 6.92 Å². The van der Waals surface area contributed by atoms with Gasteiger partial charge < -0.3 is 25.6 Å². The molecule has 12 heteroatoms. The van der Waals surface area contributed by atoms with Crippen molar-refractivity contribution in [2.45, 2.75) is 46.1 Å². The predicted molar refractivity (Wildman–Crippen MR) is 133 cm³/mol. The molecule has 0 spiro atoms. The van der Waals surface area contributed by atoms with Gasteiger partial charge in [0.1, 0.15) is 5.69 Å². The van der Waals surface area contributed by atoms with Gasteiger partial charge in [0.2, 0.25) is 0 Å². The number of carbonyl (C=O) groups excluding carboxylic acids is 2. The third kappa shape index (κ3) is 10.6. The van der Waals surface area contributed by atoms with Gasteiger partial charge in [0.05, 0.1) is 17.1 Å². The topological polar surface area (TPSA) is 145 Å². The number of aryl methyl sites for hydroxylation is 1. The molecule has 0 saturated heterocycles. The SMILES string of the molecule is CC1=C(c2ccccc2)N(CCC[C-]=O)NN1.Cc1c(-c2ccccc2)nnn1CCCC(=O)[O-].[Na+].[Na+].[OH-]. The average Bonchev–Trinajstić information content (AvgIpc) is 3.42. The Morgan fingerprint density at radius 3 is 2.13 bits per heavy atom. The number of aliphatic carboxylic acids is 1. The van der Waals surface area contributed by atoms with Crippen LogP contribution in [0.15, 0.2) is 66.4 Å². The number of hydrazine groups is 2. The second-order valence-electron chi connectivity index (χ2n) is 8.06. The Kier molecular flexibility index (Phi) is 18.1. The molecule has 0 amide bonds. The summed E-state index contributed by atoms with van der Waals surface area (Å²) in [5, 5.41) is 20.6. The fraction of sp³-hybridized carbons (Fsp3) is 0.308. The van der Waals surface area contributed by atoms with Crippen LogP contribution in [-0.4, -0.2) is 44.3 Å². The second-order valence-corrected chi connectivity index (χ2v) is 8.06. The number of allylic oxidation sites excluding steroid dienone is 1. The van der Waals surface area contributed by atoms with Gasteiger partial charge in [0.25, 0.3) is 0 Å². The van der Waals surface area contributed by atoms with Gasteiger partial charge >= 0.3 is 59.1 Å². The van der Waals surface area contributed by atoms with Crippen molar-refractivity contribution in [3.63, 3.8) is 0 Å². The van der Waals surface area contributed by atoms with Crippen molar-refractivity contribution in [2.24, 2.45) is 0 Å². The van der Waals surface area contributed by atoms with E-state index in [1.165, 1.54) is 0 Å². The van der Waals surface area contributed by atoms with Gasteiger partial charge in [-0.2, -0.15) is 6.42 Å². The van der Waals surface area contributed by atoms with Gasteiger partial charge in [-0.25, -0.2) is 4.68 Å². The fourth-order valence-corrected chi connectivity index (χ4v) is 3.72. The number of nitrogens with zero attached hydrogens (tertiary/aromatic N) is 4. The third-order valence-corrected chi connectivity index (χ3v) is 5.49. The molecule has 0 atom stereocenters. The molecule has 3 aromatic rings. The Bertz CT molecular complexity index is 1140. The number of hydrogen-bond acceptors (Lipinski definition) is 9. The first-order chi connectivity index (χ1) is 17.0. The van der Waals surface area contributed by atoms with Gasteiger partial charge in [0, 0.05) is 30.2 Å². The maximum Gasteiger partial charge on any atom is 1.00 e. The molecule has 0 aliphatic carbocycles. The number of rotatable bonds is 10. The first kappa shape index (κ1) is 36.0. The Hall–Kier alpha value is -2.02. The zero-order chi connectivity index (χ0) is 25.0. The van der Waals surface area contributed by atoms with Crippen molar-refractivity contribution in [2.75, 3.05) is 6.54 Å². The molecule has 1 aromatic heterocycles. The second kappa shape index (κ2) is 19.1. The summed E-state index contributed by atoms with van der Waals surface area (Å²) in [6.45, 7) is 5.28. The van der Waals surface area contributed by atoms with E-state index in [9.17, 15) is 14.7 Å². The number of carbonyl (C=O) groups is 1. The van der Waals surface area contributed by atoms with Crippen LogP contribution >= 0.6 is 0 Å². The number of nitrogens with one attached hydrogen (secondary N) is 2. The molecule has 0 saturated carbocycles. The Morgan fingerprint density at radius 2 is 1.55 bits per heavy atom. The van der Waals surface area contributed by atoms with Crippen molar-refractivity contribution in [1.29, 1.82) is 0 Å². The molecule has 3 N–H and O–H groups in total. The molecule has 0 bridgehead atoms. The van der Waals surface area contributed by atoms with E-state index in [0.717, 1.165) is 46.9 Å². The first-order valence-corrected chi connectivity index (χ1v) is 11.6. The average molecular weight is 538 g/mol. The number of carboxylic acid groups (broad SMARTS) is 1. The van der Waals surface area contributed by atoms with Crippen molar-refractivity contribution < 1.29 is 79.3 Å². The fourth-order valence-electron chi connectivity index (χ4n) is 3.72. The van der Waals surface area contributed by atoms with Crippen LogP contribution < -0.4 is 75.2 Å². The zero-order valence-electron chi connectivity index (χ0n) is 22.5. The maximum absolute atomic E-state index is 10.3. The smallest absolute Gasteiger partial charge is 0.870 e. The van der Waals surface area contributed by atoms with Crippen LogP contribution in [-0.2, 0) is 16.1 Å². The molecule has 0 radical (unpaired) electrons. The van der Waals surface area contributed by atoms with E-state index in [1.54, 1.807) is 4.68 Å². The zero-order valence-corrected chi connectivity index (χ0v) is 26.5. The van der Waals surface area contributed by atoms with Crippen LogP contribution in [0.4, 0.5) is 0 Å². The molecule has 10 nitrogen and oxygen atoms in total. The minimum Gasteiger partial charge on any atom is -0.870 e. The number of hydrogen-bond donors (Lipinski definition) is 2. The normalized spacial score (nSPS) is 11.7. The Balaban J connectivity index is 0.000000669. The largest absolute Gasteiger partial charge is 1.00 e. The number of benzene rings is 2. The Morgan fingerprint density at radius 1 is 0.947 bits per heavy atom. The standard InChI is InChI=1S/C13H15N3O2.C13H16N3O.2Na.H2O/c1-10-13(11-6-3-2-4-7-11)14-15-16(10)9-5-8-12(17)18;1-11-13(12-7-3-2-4-8-12)16(15-14-11)9-5-6-10-17;;;/h2-4,6-7H,5,8-9H2,1H3,(H,17,18);2-4,7-8,14-15H,5-6,9H2,1H3;;;1H2/q;-1;2*+1;/p-2. The number of carboxylic acids is 1. The van der Waals surface area contributed by atoms with Gasteiger partial charge in [-0.1, -0.05) is 72.3 Å². The number of unbranched alkanes of at least 4 members (excludes halogenated alkanes) is 1. The Labute approximate surface area is 267 Å². The van der Waals surface area contributed by atoms with Crippen LogP contribution in [0.2, 0.25) is 0 Å². The molecule has 1 aliphatic heterocycles. The molecule has 192 valence electrons. The predicted octanol–water partition coefficient (Wildman–Crippen LogP) is -3.80. The minimum absolute atomic E-state index is 0.